The summed E-state index contributed by atoms with van der Waals surface area (Å²) in [5.41, 5.74) is 0. The second-order valence-corrected chi connectivity index (χ2v) is 5.73. The van der Waals surface area contributed by atoms with E-state index in [9.17, 15) is 4.79 Å². The van der Waals surface area contributed by atoms with Crippen molar-refractivity contribution >= 4 is 21.8 Å². The largest absolute Gasteiger partial charge is 0.383 e. The third kappa shape index (κ3) is 3.68. The smallest absolute Gasteiger partial charge is 0.228 e. The highest BCUT2D eigenvalue weighted by molar-refractivity contribution is 9.09. The molecule has 18 heavy (non-hydrogen) atoms. The number of rotatable bonds is 6. The number of alkyl halides is 1. The van der Waals surface area contributed by atoms with Gasteiger partial charge in [-0.3, -0.25) is 4.79 Å². The number of halogens is 1. The van der Waals surface area contributed by atoms with Crippen molar-refractivity contribution in [3.63, 3.8) is 0 Å². The Bertz CT molecular complexity index is 275. The molecule has 0 aliphatic carbocycles. The van der Waals surface area contributed by atoms with Crippen molar-refractivity contribution in [1.82, 2.24) is 4.90 Å². The molecule has 1 aliphatic rings. The van der Waals surface area contributed by atoms with Crippen LogP contribution in [0, 0.1) is 11.8 Å². The first kappa shape index (κ1) is 15.9. The van der Waals surface area contributed by atoms with Crippen LogP contribution >= 0.6 is 15.9 Å². The number of hydrogen-bond donors (Lipinski definition) is 0. The Kier molecular flexibility index (Phi) is 6.60. The van der Waals surface area contributed by atoms with Gasteiger partial charge in [0, 0.05) is 25.5 Å². The van der Waals surface area contributed by atoms with Gasteiger partial charge in [-0.1, -0.05) is 22.9 Å². The summed E-state index contributed by atoms with van der Waals surface area (Å²) in [5.74, 6) is 0.430. The fraction of sp³-hybridized carbons (Fsp3) is 0.923. The van der Waals surface area contributed by atoms with Crippen LogP contribution in [0.15, 0.2) is 0 Å². The van der Waals surface area contributed by atoms with Gasteiger partial charge in [0.05, 0.1) is 24.7 Å². The summed E-state index contributed by atoms with van der Waals surface area (Å²) in [7, 11) is 1.66. The van der Waals surface area contributed by atoms with E-state index in [-0.39, 0.29) is 30.0 Å². The van der Waals surface area contributed by atoms with E-state index in [1.54, 1.807) is 7.11 Å². The quantitative estimate of drug-likeness (QED) is 0.701. The van der Waals surface area contributed by atoms with Crippen molar-refractivity contribution in [1.29, 1.82) is 0 Å². The molecule has 4 unspecified atom stereocenters. The third-order valence-corrected chi connectivity index (χ3v) is 4.11. The Labute approximate surface area is 118 Å². The maximum atomic E-state index is 12.6. The van der Waals surface area contributed by atoms with Gasteiger partial charge in [0.15, 0.2) is 0 Å². The molecule has 4 nitrogen and oxygen atoms in total. The van der Waals surface area contributed by atoms with Crippen molar-refractivity contribution in [3.8, 4) is 0 Å². The van der Waals surface area contributed by atoms with E-state index < -0.39 is 0 Å². The SMILES string of the molecule is COCCN(CCBr)C(=O)C1C(C)OC(C)C1C. The van der Waals surface area contributed by atoms with Gasteiger partial charge in [-0.15, -0.1) is 0 Å². The number of amides is 1. The molecule has 1 amide bonds. The van der Waals surface area contributed by atoms with Crippen LogP contribution in [0.4, 0.5) is 0 Å². The molecule has 0 aromatic rings. The lowest BCUT2D eigenvalue weighted by Crippen LogP contribution is -2.43. The zero-order valence-electron chi connectivity index (χ0n) is 11.7. The summed E-state index contributed by atoms with van der Waals surface area (Å²) < 4.78 is 10.8. The van der Waals surface area contributed by atoms with E-state index in [0.717, 1.165) is 5.33 Å². The van der Waals surface area contributed by atoms with Crippen LogP contribution in [-0.4, -0.2) is 55.2 Å². The Morgan fingerprint density at radius 2 is 1.94 bits per heavy atom. The van der Waals surface area contributed by atoms with Gasteiger partial charge in [0.2, 0.25) is 5.91 Å². The summed E-state index contributed by atoms with van der Waals surface area (Å²) in [6, 6.07) is 0. The van der Waals surface area contributed by atoms with Gasteiger partial charge >= 0.3 is 0 Å². The van der Waals surface area contributed by atoms with Crippen LogP contribution in [0.2, 0.25) is 0 Å². The van der Waals surface area contributed by atoms with Gasteiger partial charge in [-0.25, -0.2) is 0 Å². The predicted octanol–water partition coefficient (Wildman–Crippen LogP) is 1.92. The number of hydrogen-bond acceptors (Lipinski definition) is 3. The standard InChI is InChI=1S/C13H24BrNO3/c1-9-10(2)18-11(3)12(9)13(16)15(6-5-14)7-8-17-4/h9-12H,5-8H2,1-4H3. The predicted molar refractivity (Wildman–Crippen MR) is 74.9 cm³/mol. The summed E-state index contributed by atoms with van der Waals surface area (Å²) in [6.45, 7) is 8.06. The second kappa shape index (κ2) is 7.46. The lowest BCUT2D eigenvalue weighted by atomic mass is 9.88. The number of ether oxygens (including phenoxy) is 2. The molecule has 0 bridgehead atoms. The molecule has 1 aliphatic heterocycles. The lowest BCUT2D eigenvalue weighted by molar-refractivity contribution is -0.138. The highest BCUT2D eigenvalue weighted by Crippen LogP contribution is 2.33. The first-order valence-corrected chi connectivity index (χ1v) is 7.64. The van der Waals surface area contributed by atoms with Crippen molar-refractivity contribution in [3.05, 3.63) is 0 Å². The molecule has 106 valence electrons. The van der Waals surface area contributed by atoms with Crippen LogP contribution < -0.4 is 0 Å². The van der Waals surface area contributed by atoms with E-state index >= 15 is 0 Å². The van der Waals surface area contributed by atoms with E-state index in [4.69, 9.17) is 9.47 Å². The maximum Gasteiger partial charge on any atom is 0.228 e. The van der Waals surface area contributed by atoms with Gasteiger partial charge in [0.1, 0.15) is 0 Å². The number of nitrogens with zero attached hydrogens (tertiary/aromatic N) is 1. The van der Waals surface area contributed by atoms with Crippen molar-refractivity contribution in [2.24, 2.45) is 11.8 Å². The van der Waals surface area contributed by atoms with Crippen LogP contribution in [0.3, 0.4) is 0 Å². The fourth-order valence-corrected chi connectivity index (χ4v) is 2.97. The number of methoxy groups -OCH3 is 1. The molecule has 1 rings (SSSR count). The Balaban J connectivity index is 2.69. The van der Waals surface area contributed by atoms with E-state index in [1.807, 2.05) is 18.7 Å². The van der Waals surface area contributed by atoms with E-state index in [1.165, 1.54) is 0 Å². The Hall–Kier alpha value is -0.130. The van der Waals surface area contributed by atoms with Crippen molar-refractivity contribution in [2.45, 2.75) is 33.0 Å². The molecule has 0 saturated carbocycles. The molecule has 1 saturated heterocycles. The molecule has 5 heteroatoms. The van der Waals surface area contributed by atoms with Crippen LogP contribution in [-0.2, 0) is 14.3 Å². The van der Waals surface area contributed by atoms with E-state index in [0.29, 0.717) is 19.7 Å². The lowest BCUT2D eigenvalue weighted by Gasteiger charge is -2.27. The zero-order chi connectivity index (χ0) is 13.7. The first-order chi connectivity index (χ1) is 8.52. The zero-order valence-corrected chi connectivity index (χ0v) is 13.3. The summed E-state index contributed by atoms with van der Waals surface area (Å²) in [4.78, 5) is 14.4. The van der Waals surface area contributed by atoms with Crippen LogP contribution in [0.1, 0.15) is 20.8 Å². The highest BCUT2D eigenvalue weighted by Gasteiger charge is 2.43. The minimum Gasteiger partial charge on any atom is -0.383 e. The van der Waals surface area contributed by atoms with Gasteiger partial charge in [-0.2, -0.15) is 0 Å². The second-order valence-electron chi connectivity index (χ2n) is 4.94. The highest BCUT2D eigenvalue weighted by atomic mass is 79.9. The average Bonchev–Trinajstić information content (AvgIpc) is 2.58. The molecular formula is C13H24BrNO3. The number of carbonyl (C=O) groups is 1. The number of carbonyl (C=O) groups excluding carboxylic acids is 1. The molecule has 0 radical (unpaired) electrons. The molecule has 0 spiro atoms. The molecule has 1 heterocycles. The average molecular weight is 322 g/mol. The third-order valence-electron chi connectivity index (χ3n) is 3.76. The van der Waals surface area contributed by atoms with E-state index in [2.05, 4.69) is 22.9 Å². The van der Waals surface area contributed by atoms with Crippen molar-refractivity contribution < 1.29 is 14.3 Å². The van der Waals surface area contributed by atoms with Gasteiger partial charge in [-0.05, 0) is 19.8 Å². The topological polar surface area (TPSA) is 38.8 Å². The Morgan fingerprint density at radius 1 is 1.28 bits per heavy atom. The minimum absolute atomic E-state index is 0.00266. The normalized spacial score (nSPS) is 31.6. The van der Waals surface area contributed by atoms with Gasteiger partial charge in [0.25, 0.3) is 0 Å². The molecule has 4 atom stereocenters. The van der Waals surface area contributed by atoms with Crippen LogP contribution in [0.5, 0.6) is 0 Å². The summed E-state index contributed by atoms with van der Waals surface area (Å²) >= 11 is 3.39. The van der Waals surface area contributed by atoms with Crippen LogP contribution in [0.25, 0.3) is 0 Å². The summed E-state index contributed by atoms with van der Waals surface area (Å²) in [6.07, 6.45) is 0.157. The minimum atomic E-state index is -0.0316. The summed E-state index contributed by atoms with van der Waals surface area (Å²) in [5, 5.41) is 0.786. The van der Waals surface area contributed by atoms with Gasteiger partial charge < -0.3 is 14.4 Å². The molecule has 1 fully saturated rings. The molecule has 0 aromatic carbocycles. The fourth-order valence-electron chi connectivity index (χ4n) is 2.54. The Morgan fingerprint density at radius 3 is 2.39 bits per heavy atom. The maximum absolute atomic E-state index is 12.6. The molecule has 0 aromatic heterocycles. The van der Waals surface area contributed by atoms with Crippen molar-refractivity contribution in [2.75, 3.05) is 32.1 Å². The first-order valence-electron chi connectivity index (χ1n) is 6.52. The molecule has 0 N–H and O–H groups in total. The molecular weight excluding hydrogens is 298 g/mol. The monoisotopic (exact) mass is 321 g/mol.